The fraction of sp³-hybridized carbons (Fsp3) is 0.0952. The summed E-state index contributed by atoms with van der Waals surface area (Å²) in [5.74, 6) is 2.11. The summed E-state index contributed by atoms with van der Waals surface area (Å²) >= 11 is 0. The molecule has 6 heteroatoms. The Morgan fingerprint density at radius 3 is 2.27 bits per heavy atom. The molecule has 2 aromatic heterocycles. The Hall–Kier alpha value is -5.12. The van der Waals surface area contributed by atoms with Crippen molar-refractivity contribution in [3.63, 3.8) is 0 Å². The van der Waals surface area contributed by atoms with Crippen molar-refractivity contribution in [1.29, 1.82) is 0 Å². The number of benzene rings is 5. The van der Waals surface area contributed by atoms with E-state index in [0.717, 1.165) is 50.3 Å². The molecule has 7 aromatic rings. The predicted molar refractivity (Wildman–Crippen MR) is 191 cm³/mol. The van der Waals surface area contributed by atoms with Gasteiger partial charge in [-0.3, -0.25) is 0 Å². The van der Waals surface area contributed by atoms with E-state index in [1.807, 2.05) is 24.4 Å². The first-order valence-corrected chi connectivity index (χ1v) is 15.9. The van der Waals surface area contributed by atoms with Gasteiger partial charge in [-0.2, -0.15) is 12.1 Å². The first-order chi connectivity index (χ1) is 22.9. The topological polar surface area (TPSA) is 33.5 Å². The third-order valence-corrected chi connectivity index (χ3v) is 9.06. The number of fused-ring (bicyclic) bond motifs is 9. The molecule has 0 saturated carbocycles. The summed E-state index contributed by atoms with van der Waals surface area (Å²) in [6, 6.07) is 47.1. The average Bonchev–Trinajstić information content (AvgIpc) is 3.69. The first kappa shape index (κ1) is 30.2. The number of anilines is 2. The number of hydrogen-bond acceptors (Lipinski definition) is 4. The maximum atomic E-state index is 6.55. The van der Waals surface area contributed by atoms with Gasteiger partial charge < -0.3 is 19.1 Å². The first-order valence-electron chi connectivity index (χ1n) is 15.9. The average molecular weight is 803 g/mol. The molecule has 0 amide bonds. The van der Waals surface area contributed by atoms with Crippen LogP contribution < -0.4 is 14.5 Å². The Morgan fingerprint density at radius 1 is 0.708 bits per heavy atom. The van der Waals surface area contributed by atoms with Crippen LogP contribution in [0.15, 0.2) is 128 Å². The third-order valence-electron chi connectivity index (χ3n) is 9.06. The molecule has 0 N–H and O–H groups in total. The summed E-state index contributed by atoms with van der Waals surface area (Å²) in [6.07, 6.45) is 4.08. The van der Waals surface area contributed by atoms with Crippen molar-refractivity contribution in [2.75, 3.05) is 9.80 Å². The van der Waals surface area contributed by atoms with Gasteiger partial charge in [0.05, 0.1) is 0 Å². The molecular weight excluding hydrogens is 772 g/mol. The monoisotopic (exact) mass is 802 g/mol. The van der Waals surface area contributed by atoms with Gasteiger partial charge in [0, 0.05) is 55.7 Å². The SMILES string of the molecule is CC(C)(C)c1ccnc(-n2c3[c-]c(Oc4[c-]c5c(cc4)-c4ccccc4C4=CN(c6ccccc6)[CH-]N45)ccc3c3ccccc32)c1.[Pt]. The van der Waals surface area contributed by atoms with Crippen molar-refractivity contribution >= 4 is 38.9 Å². The van der Waals surface area contributed by atoms with Crippen LogP contribution in [0.2, 0.25) is 0 Å². The molecule has 9 rings (SSSR count). The molecule has 0 radical (unpaired) electrons. The summed E-state index contributed by atoms with van der Waals surface area (Å²) in [7, 11) is 0. The molecule has 0 aliphatic carbocycles. The zero-order valence-electron chi connectivity index (χ0n) is 26.7. The van der Waals surface area contributed by atoms with Gasteiger partial charge >= 0.3 is 0 Å². The van der Waals surface area contributed by atoms with Gasteiger partial charge in [0.1, 0.15) is 5.82 Å². The van der Waals surface area contributed by atoms with Crippen molar-refractivity contribution in [2.24, 2.45) is 0 Å². The summed E-state index contributed by atoms with van der Waals surface area (Å²) < 4.78 is 8.74. The van der Waals surface area contributed by atoms with Gasteiger partial charge in [0.2, 0.25) is 0 Å². The quantitative estimate of drug-likeness (QED) is 0.166. The van der Waals surface area contributed by atoms with Gasteiger partial charge in [-0.15, -0.1) is 41.9 Å². The Bertz CT molecular complexity index is 2370. The second-order valence-electron chi connectivity index (χ2n) is 13.1. The van der Waals surface area contributed by atoms with Crippen molar-refractivity contribution < 1.29 is 25.8 Å². The molecule has 238 valence electrons. The minimum absolute atomic E-state index is 0. The normalized spacial score (nSPS) is 13.5. The van der Waals surface area contributed by atoms with E-state index in [4.69, 9.17) is 9.72 Å². The Balaban J connectivity index is 0.00000336. The van der Waals surface area contributed by atoms with Crippen molar-refractivity contribution in [3.05, 3.63) is 158 Å². The van der Waals surface area contributed by atoms with E-state index in [9.17, 15) is 0 Å². The van der Waals surface area contributed by atoms with Crippen molar-refractivity contribution in [1.82, 2.24) is 9.55 Å². The van der Waals surface area contributed by atoms with E-state index in [0.29, 0.717) is 11.5 Å². The number of hydrogen-bond donors (Lipinski definition) is 0. The molecule has 4 heterocycles. The molecule has 0 bridgehead atoms. The summed E-state index contributed by atoms with van der Waals surface area (Å²) in [5.41, 5.74) is 9.86. The Kier molecular flexibility index (Phi) is 7.27. The van der Waals surface area contributed by atoms with E-state index in [1.165, 1.54) is 16.7 Å². The summed E-state index contributed by atoms with van der Waals surface area (Å²) in [4.78, 5) is 9.18. The number of ether oxygens (including phenoxy) is 1. The summed E-state index contributed by atoms with van der Waals surface area (Å²) in [5, 5.41) is 2.25. The van der Waals surface area contributed by atoms with Gasteiger partial charge in [0.15, 0.2) is 0 Å². The van der Waals surface area contributed by atoms with E-state index in [-0.39, 0.29) is 26.5 Å². The Morgan fingerprint density at radius 2 is 1.44 bits per heavy atom. The van der Waals surface area contributed by atoms with Crippen LogP contribution in [0, 0.1) is 18.8 Å². The molecule has 0 spiro atoms. The molecule has 48 heavy (non-hydrogen) atoms. The molecule has 5 aromatic carbocycles. The number of rotatable bonds is 4. The molecule has 0 atom stereocenters. The zero-order valence-corrected chi connectivity index (χ0v) is 29.0. The van der Waals surface area contributed by atoms with Crippen LogP contribution >= 0.6 is 0 Å². The van der Waals surface area contributed by atoms with E-state index < -0.39 is 0 Å². The molecule has 0 unspecified atom stereocenters. The molecule has 0 saturated heterocycles. The van der Waals surface area contributed by atoms with Crippen LogP contribution in [0.1, 0.15) is 31.9 Å². The number of nitrogens with zero attached hydrogens (tertiary/aromatic N) is 4. The van der Waals surface area contributed by atoms with Crippen LogP contribution in [0.3, 0.4) is 0 Å². The molecule has 2 aliphatic heterocycles. The van der Waals surface area contributed by atoms with E-state index in [1.54, 1.807) is 0 Å². The van der Waals surface area contributed by atoms with Gasteiger partial charge in [0.25, 0.3) is 0 Å². The van der Waals surface area contributed by atoms with Crippen LogP contribution in [0.5, 0.6) is 11.5 Å². The van der Waals surface area contributed by atoms with Crippen LogP contribution in [0.25, 0.3) is 44.4 Å². The minimum Gasteiger partial charge on any atom is -0.509 e. The Labute approximate surface area is 295 Å². The second kappa shape index (κ2) is 11.5. The molecule has 0 fully saturated rings. The fourth-order valence-electron chi connectivity index (χ4n) is 6.70. The molecule has 2 aliphatic rings. The predicted octanol–water partition coefficient (Wildman–Crippen LogP) is 10.3. The van der Waals surface area contributed by atoms with Crippen molar-refractivity contribution in [2.45, 2.75) is 26.2 Å². The van der Waals surface area contributed by atoms with Gasteiger partial charge in [-0.25, -0.2) is 4.98 Å². The third kappa shape index (κ3) is 4.93. The van der Waals surface area contributed by atoms with Crippen LogP contribution in [0.4, 0.5) is 11.4 Å². The maximum Gasteiger partial charge on any atom is 0.135 e. The largest absolute Gasteiger partial charge is 0.509 e. The van der Waals surface area contributed by atoms with Crippen LogP contribution in [-0.2, 0) is 26.5 Å². The minimum atomic E-state index is -0.00279. The molecular formula is C42H31N4OPt-3. The van der Waals surface area contributed by atoms with Crippen LogP contribution in [-0.4, -0.2) is 9.55 Å². The zero-order chi connectivity index (χ0) is 31.7. The van der Waals surface area contributed by atoms with E-state index in [2.05, 4.69) is 157 Å². The van der Waals surface area contributed by atoms with Crippen molar-refractivity contribution in [3.8, 4) is 28.4 Å². The standard InChI is InChI=1S/C42H31N4O.Pt/c1-42(2,3)28-21-22-43-41(23-28)46-37-16-10-9-15-34(37)36-20-18-31(25-39(36)46)47-30-17-19-35-32-13-7-8-14-33(32)40-26-44(27-45(40)38(35)24-30)29-11-5-4-6-12-29;/h4-23,26-27H,1-3H3;/q-3;. The van der Waals surface area contributed by atoms with E-state index >= 15 is 0 Å². The van der Waals surface area contributed by atoms with Gasteiger partial charge in [-0.1, -0.05) is 98.2 Å². The smallest absolute Gasteiger partial charge is 0.135 e. The number of pyridine rings is 1. The fourth-order valence-corrected chi connectivity index (χ4v) is 6.70. The maximum absolute atomic E-state index is 6.55. The molecule has 5 nitrogen and oxygen atoms in total. The number of para-hydroxylation sites is 2. The number of aromatic nitrogens is 2. The second-order valence-corrected chi connectivity index (χ2v) is 13.1. The summed E-state index contributed by atoms with van der Waals surface area (Å²) in [6.45, 7) is 8.79. The van der Waals surface area contributed by atoms with Gasteiger partial charge in [-0.05, 0) is 58.5 Å².